The maximum atomic E-state index is 14.4. The van der Waals surface area contributed by atoms with Crippen molar-refractivity contribution in [2.45, 2.75) is 106 Å². The molecule has 5 aliphatic rings. The zero-order valence-corrected chi connectivity index (χ0v) is 23.7. The van der Waals surface area contributed by atoms with Crippen molar-refractivity contribution in [1.82, 2.24) is 0 Å². The van der Waals surface area contributed by atoms with Gasteiger partial charge < -0.3 is 4.74 Å². The van der Waals surface area contributed by atoms with Crippen LogP contribution in [0.3, 0.4) is 0 Å². The van der Waals surface area contributed by atoms with E-state index in [1.807, 2.05) is 0 Å². The molecule has 3 unspecified atom stereocenters. The van der Waals surface area contributed by atoms with Crippen molar-refractivity contribution in [2.75, 3.05) is 7.11 Å². The average Bonchev–Trinajstić information content (AvgIpc) is 2.80. The molecule has 0 spiro atoms. The lowest BCUT2D eigenvalue weighted by atomic mass is 9.33. The van der Waals surface area contributed by atoms with Crippen LogP contribution >= 0.6 is 0 Å². The Morgan fingerprint density at radius 2 is 1.78 bits per heavy atom. The molecule has 0 aromatic carbocycles. The Hall–Kier alpha value is -1.63. The molecule has 4 fully saturated rings. The van der Waals surface area contributed by atoms with Crippen LogP contribution in [0.15, 0.2) is 11.6 Å². The Balaban J connectivity index is 1.62. The standard InChI is InChI=1S/C32H47NO3/c1-20-9-8-12-28(2)15-16-31(5)22(26(20)28)17-23(34)27-29(3)13-10-21(19-33)30(4,18-25(35)36-7)24(29)11-14-32(27,31)6/h17,20-21,24,26-27H,8-16,18H2,1-7H3/t20-,21-,24?,26?,27?,28+,29-,30-,31+,32+/m0/s1. The van der Waals surface area contributed by atoms with Gasteiger partial charge in [-0.2, -0.15) is 5.26 Å². The number of carbonyl (C=O) groups is 2. The molecule has 36 heavy (non-hydrogen) atoms. The lowest BCUT2D eigenvalue weighted by Gasteiger charge is -2.70. The first-order valence-electron chi connectivity index (χ1n) is 14.5. The molecular weight excluding hydrogens is 446 g/mol. The van der Waals surface area contributed by atoms with E-state index in [1.54, 1.807) is 0 Å². The summed E-state index contributed by atoms with van der Waals surface area (Å²) in [5.41, 5.74) is 1.03. The molecule has 10 atom stereocenters. The SMILES string of the molecule is COC(=O)C[C@]1(C)C2CC[C@]3(C)C(C(=O)C=C4C5[C@@H](C)CCC[C@]5(C)CC[C@]43C)[C@@]2(C)CC[C@H]1C#N. The highest BCUT2D eigenvalue weighted by Crippen LogP contribution is 2.75. The minimum Gasteiger partial charge on any atom is -0.469 e. The molecule has 0 heterocycles. The van der Waals surface area contributed by atoms with E-state index in [0.29, 0.717) is 23.0 Å². The molecule has 0 aromatic heterocycles. The molecule has 0 amide bonds. The molecule has 5 rings (SSSR count). The fourth-order valence-corrected chi connectivity index (χ4v) is 11.3. The van der Waals surface area contributed by atoms with Crippen molar-refractivity contribution in [3.8, 4) is 6.07 Å². The number of esters is 1. The third-order valence-electron chi connectivity index (χ3n) is 13.3. The summed E-state index contributed by atoms with van der Waals surface area (Å²) in [6.07, 6.45) is 12.3. The minimum atomic E-state index is -0.468. The summed E-state index contributed by atoms with van der Waals surface area (Å²) in [5, 5.41) is 10.1. The summed E-state index contributed by atoms with van der Waals surface area (Å²) < 4.78 is 5.10. The van der Waals surface area contributed by atoms with Crippen molar-refractivity contribution in [1.29, 1.82) is 5.26 Å². The smallest absolute Gasteiger partial charge is 0.306 e. The van der Waals surface area contributed by atoms with E-state index >= 15 is 0 Å². The van der Waals surface area contributed by atoms with Gasteiger partial charge in [-0.1, -0.05) is 60.0 Å². The van der Waals surface area contributed by atoms with Crippen LogP contribution in [0.5, 0.6) is 0 Å². The topological polar surface area (TPSA) is 67.2 Å². The molecule has 0 aliphatic heterocycles. The number of ketones is 1. The van der Waals surface area contributed by atoms with E-state index in [4.69, 9.17) is 4.74 Å². The van der Waals surface area contributed by atoms with E-state index in [-0.39, 0.29) is 46.4 Å². The van der Waals surface area contributed by atoms with Crippen molar-refractivity contribution in [3.05, 3.63) is 11.6 Å². The highest BCUT2D eigenvalue weighted by Gasteiger charge is 2.70. The highest BCUT2D eigenvalue weighted by atomic mass is 16.5. The Morgan fingerprint density at radius 3 is 2.44 bits per heavy atom. The number of nitrogens with zero attached hydrogens (tertiary/aromatic N) is 1. The molecule has 0 bridgehead atoms. The molecule has 0 radical (unpaired) electrons. The normalized spacial score (nSPS) is 52.0. The largest absolute Gasteiger partial charge is 0.469 e. The van der Waals surface area contributed by atoms with Crippen LogP contribution in [0.25, 0.3) is 0 Å². The Morgan fingerprint density at radius 1 is 1.06 bits per heavy atom. The molecule has 4 nitrogen and oxygen atoms in total. The second kappa shape index (κ2) is 8.18. The quantitative estimate of drug-likeness (QED) is 0.379. The van der Waals surface area contributed by atoms with Crippen LogP contribution in [-0.2, 0) is 14.3 Å². The maximum Gasteiger partial charge on any atom is 0.306 e. The van der Waals surface area contributed by atoms with Gasteiger partial charge in [0.15, 0.2) is 5.78 Å². The highest BCUT2D eigenvalue weighted by molar-refractivity contribution is 5.95. The van der Waals surface area contributed by atoms with Gasteiger partial charge in [-0.15, -0.1) is 0 Å². The molecular formula is C32H47NO3. The molecule has 4 saturated carbocycles. The van der Waals surface area contributed by atoms with Gasteiger partial charge >= 0.3 is 5.97 Å². The van der Waals surface area contributed by atoms with Gasteiger partial charge in [0.1, 0.15) is 0 Å². The maximum absolute atomic E-state index is 14.4. The van der Waals surface area contributed by atoms with Crippen LogP contribution in [0.4, 0.5) is 0 Å². The first kappa shape index (κ1) is 26.0. The summed E-state index contributed by atoms with van der Waals surface area (Å²) in [4.78, 5) is 26.9. The van der Waals surface area contributed by atoms with Crippen LogP contribution in [0.1, 0.15) is 106 Å². The van der Waals surface area contributed by atoms with E-state index in [9.17, 15) is 14.9 Å². The molecule has 4 heteroatoms. The third kappa shape index (κ3) is 3.16. The monoisotopic (exact) mass is 493 g/mol. The Kier molecular flexibility index (Phi) is 5.91. The molecule has 0 N–H and O–H groups in total. The second-order valence-electron chi connectivity index (χ2n) is 14.8. The Labute approximate surface area is 218 Å². The van der Waals surface area contributed by atoms with Crippen molar-refractivity contribution in [2.24, 2.45) is 56.7 Å². The number of rotatable bonds is 2. The predicted octanol–water partition coefficient (Wildman–Crippen LogP) is 7.28. The number of nitriles is 1. The van der Waals surface area contributed by atoms with Gasteiger partial charge in [0.2, 0.25) is 0 Å². The van der Waals surface area contributed by atoms with E-state index < -0.39 is 5.41 Å². The number of ether oxygens (including phenoxy) is 1. The minimum absolute atomic E-state index is 0.0279. The molecule has 0 aromatic rings. The molecule has 0 saturated heterocycles. The van der Waals surface area contributed by atoms with Gasteiger partial charge in [-0.3, -0.25) is 9.59 Å². The lowest BCUT2D eigenvalue weighted by Crippen LogP contribution is -2.66. The van der Waals surface area contributed by atoms with Crippen LogP contribution < -0.4 is 0 Å². The van der Waals surface area contributed by atoms with Gasteiger partial charge in [-0.25, -0.2) is 0 Å². The molecule has 5 aliphatic carbocycles. The summed E-state index contributed by atoms with van der Waals surface area (Å²) in [6, 6.07) is 2.56. The average molecular weight is 494 g/mol. The van der Waals surface area contributed by atoms with Crippen LogP contribution in [0.2, 0.25) is 0 Å². The van der Waals surface area contributed by atoms with Gasteiger partial charge in [0, 0.05) is 5.92 Å². The number of methoxy groups -OCH3 is 1. The first-order chi connectivity index (χ1) is 16.8. The number of allylic oxidation sites excluding steroid dienone is 2. The van der Waals surface area contributed by atoms with E-state index in [1.165, 1.54) is 44.8 Å². The first-order valence-corrected chi connectivity index (χ1v) is 14.5. The van der Waals surface area contributed by atoms with Crippen molar-refractivity contribution >= 4 is 11.8 Å². The van der Waals surface area contributed by atoms with Gasteiger partial charge in [0.05, 0.1) is 25.5 Å². The zero-order chi connectivity index (χ0) is 26.3. The Bertz CT molecular complexity index is 1040. The van der Waals surface area contributed by atoms with Crippen molar-refractivity contribution < 1.29 is 14.3 Å². The predicted molar refractivity (Wildman–Crippen MR) is 141 cm³/mol. The molecule has 198 valence electrons. The van der Waals surface area contributed by atoms with Crippen molar-refractivity contribution in [3.63, 3.8) is 0 Å². The summed E-state index contributed by atoms with van der Waals surface area (Å²) >= 11 is 0. The number of hydrogen-bond donors (Lipinski definition) is 0. The van der Waals surface area contributed by atoms with Crippen LogP contribution in [0, 0.1) is 68.0 Å². The summed E-state index contributed by atoms with van der Waals surface area (Å²) in [5.74, 6) is 1.15. The summed E-state index contributed by atoms with van der Waals surface area (Å²) in [6.45, 7) is 14.3. The number of fused-ring (bicyclic) bond motifs is 7. The second-order valence-corrected chi connectivity index (χ2v) is 14.8. The number of carbonyl (C=O) groups excluding carboxylic acids is 2. The zero-order valence-electron chi connectivity index (χ0n) is 23.7. The van der Waals surface area contributed by atoms with E-state index in [0.717, 1.165) is 25.7 Å². The number of hydrogen-bond acceptors (Lipinski definition) is 4. The van der Waals surface area contributed by atoms with Gasteiger partial charge in [0.25, 0.3) is 0 Å². The summed E-state index contributed by atoms with van der Waals surface area (Å²) in [7, 11) is 1.44. The van der Waals surface area contributed by atoms with E-state index in [2.05, 4.69) is 53.7 Å². The van der Waals surface area contributed by atoms with Gasteiger partial charge in [-0.05, 0) is 95.9 Å². The van der Waals surface area contributed by atoms with Crippen LogP contribution in [-0.4, -0.2) is 18.9 Å². The third-order valence-corrected chi connectivity index (χ3v) is 13.3. The fraction of sp³-hybridized carbons (Fsp3) is 0.844. The lowest BCUT2D eigenvalue weighted by molar-refractivity contribution is -0.195. The fourth-order valence-electron chi connectivity index (χ4n) is 11.3.